The monoisotopic (exact) mass is 416 g/mol. The highest BCUT2D eigenvalue weighted by Crippen LogP contribution is 2.25. The van der Waals surface area contributed by atoms with Gasteiger partial charge in [-0.3, -0.25) is 14.8 Å². The molecule has 0 aliphatic heterocycles. The molecule has 7 nitrogen and oxygen atoms in total. The number of aromatic nitrogens is 5. The van der Waals surface area contributed by atoms with E-state index < -0.39 is 36.7 Å². The number of hydrogen-bond acceptors (Lipinski definition) is 4. The first-order chi connectivity index (χ1) is 13.3. The molecule has 3 aromatic rings. The minimum absolute atomic E-state index is 0.0567. The van der Waals surface area contributed by atoms with Crippen LogP contribution in [0.1, 0.15) is 29.8 Å². The van der Waals surface area contributed by atoms with Crippen LogP contribution in [0.15, 0.2) is 36.7 Å². The first-order valence-corrected chi connectivity index (χ1v) is 8.27. The van der Waals surface area contributed by atoms with Gasteiger partial charge in [0.25, 0.3) is 12.9 Å². The Balaban J connectivity index is 1.64. The van der Waals surface area contributed by atoms with Crippen LogP contribution in [0.2, 0.25) is 5.02 Å². The molecule has 0 bridgehead atoms. The maximum atomic E-state index is 12.9. The number of rotatable bonds is 7. The highest BCUT2D eigenvalue weighted by molar-refractivity contribution is 6.30. The maximum absolute atomic E-state index is 12.9. The lowest BCUT2D eigenvalue weighted by Gasteiger charge is -2.06. The van der Waals surface area contributed by atoms with Crippen LogP contribution in [-0.2, 0) is 17.9 Å². The number of nitrogens with one attached hydrogen (secondary N) is 1. The van der Waals surface area contributed by atoms with Crippen molar-refractivity contribution < 1.29 is 22.4 Å². The largest absolute Gasteiger partial charge is 0.292 e. The van der Waals surface area contributed by atoms with Crippen LogP contribution >= 0.6 is 11.6 Å². The molecule has 0 unspecified atom stereocenters. The van der Waals surface area contributed by atoms with Crippen molar-refractivity contribution in [1.29, 1.82) is 0 Å². The summed E-state index contributed by atoms with van der Waals surface area (Å²) in [6.07, 6.45) is -4.70. The van der Waals surface area contributed by atoms with Gasteiger partial charge >= 0.3 is 0 Å². The van der Waals surface area contributed by atoms with E-state index in [0.29, 0.717) is 22.3 Å². The zero-order chi connectivity index (χ0) is 20.3. The number of hydrogen-bond donors (Lipinski definition) is 1. The normalized spacial score (nSPS) is 11.4. The fourth-order valence-electron chi connectivity index (χ4n) is 2.37. The van der Waals surface area contributed by atoms with Gasteiger partial charge < -0.3 is 0 Å². The third-order valence-electron chi connectivity index (χ3n) is 3.62. The summed E-state index contributed by atoms with van der Waals surface area (Å²) in [5.74, 6) is -0.839. The lowest BCUT2D eigenvalue weighted by atomic mass is 10.2. The average molecular weight is 417 g/mol. The third kappa shape index (κ3) is 4.85. The second kappa shape index (κ2) is 8.38. The molecule has 0 aliphatic rings. The number of halogens is 5. The molecule has 0 aliphatic carbocycles. The number of carbonyl (C=O) groups excluding carboxylic acids is 1. The second-order valence-electron chi connectivity index (χ2n) is 5.69. The Kier molecular flexibility index (Phi) is 5.93. The van der Waals surface area contributed by atoms with E-state index in [0.717, 1.165) is 5.56 Å². The van der Waals surface area contributed by atoms with Crippen molar-refractivity contribution in [3.63, 3.8) is 0 Å². The molecule has 0 fully saturated rings. The number of nitrogens with zero attached hydrogens (tertiary/aromatic N) is 5. The topological polar surface area (TPSA) is 77.6 Å². The van der Waals surface area contributed by atoms with E-state index in [-0.39, 0.29) is 5.95 Å². The van der Waals surface area contributed by atoms with Gasteiger partial charge in [-0.15, -0.1) is 5.10 Å². The highest BCUT2D eigenvalue weighted by atomic mass is 35.5. The molecular weight excluding hydrogens is 404 g/mol. The van der Waals surface area contributed by atoms with Crippen molar-refractivity contribution >= 4 is 23.5 Å². The van der Waals surface area contributed by atoms with Crippen LogP contribution < -0.4 is 5.32 Å². The van der Waals surface area contributed by atoms with Gasteiger partial charge in [-0.2, -0.15) is 5.10 Å². The summed E-state index contributed by atoms with van der Waals surface area (Å²) in [4.78, 5) is 15.9. The second-order valence-corrected chi connectivity index (χ2v) is 6.13. The van der Waals surface area contributed by atoms with E-state index in [1.807, 2.05) is 0 Å². The van der Waals surface area contributed by atoms with Gasteiger partial charge in [0.05, 0.1) is 6.54 Å². The summed E-state index contributed by atoms with van der Waals surface area (Å²) >= 11 is 5.81. The van der Waals surface area contributed by atoms with Gasteiger partial charge in [-0.05, 0) is 23.8 Å². The van der Waals surface area contributed by atoms with Crippen LogP contribution in [0.4, 0.5) is 23.5 Å². The van der Waals surface area contributed by atoms with Gasteiger partial charge in [0.2, 0.25) is 11.9 Å². The van der Waals surface area contributed by atoms with Gasteiger partial charge in [0, 0.05) is 5.02 Å². The fraction of sp³-hybridized carbons (Fsp3) is 0.250. The van der Waals surface area contributed by atoms with Crippen molar-refractivity contribution in [1.82, 2.24) is 24.5 Å². The summed E-state index contributed by atoms with van der Waals surface area (Å²) in [6, 6.07) is 7.60. The Hall–Kier alpha value is -2.95. The van der Waals surface area contributed by atoms with Crippen LogP contribution in [0.3, 0.4) is 0 Å². The fourth-order valence-corrected chi connectivity index (χ4v) is 2.49. The van der Waals surface area contributed by atoms with Crippen molar-refractivity contribution in [2.45, 2.75) is 25.9 Å². The van der Waals surface area contributed by atoms with Gasteiger partial charge in [-0.25, -0.2) is 27.2 Å². The summed E-state index contributed by atoms with van der Waals surface area (Å²) in [5, 5.41) is 10.3. The molecule has 0 radical (unpaired) electrons. The maximum Gasteiger partial charge on any atom is 0.282 e. The Morgan fingerprint density at radius 2 is 1.82 bits per heavy atom. The molecular formula is C16H13ClF4N6O. The summed E-state index contributed by atoms with van der Waals surface area (Å²) in [7, 11) is 0. The molecule has 1 N–H and O–H groups in total. The van der Waals surface area contributed by atoms with Gasteiger partial charge in [0.1, 0.15) is 24.3 Å². The lowest BCUT2D eigenvalue weighted by molar-refractivity contribution is -0.117. The van der Waals surface area contributed by atoms with E-state index in [4.69, 9.17) is 11.6 Å². The molecule has 0 atom stereocenters. The van der Waals surface area contributed by atoms with E-state index in [9.17, 15) is 22.4 Å². The molecule has 12 heteroatoms. The molecule has 0 saturated carbocycles. The SMILES string of the molecule is O=C(Cn1nc(C(F)F)cc1C(F)F)Nc1ncn(Cc2ccc(Cl)cc2)n1. The smallest absolute Gasteiger partial charge is 0.282 e. The van der Waals surface area contributed by atoms with E-state index in [1.54, 1.807) is 24.3 Å². The molecule has 2 heterocycles. The number of benzene rings is 1. The van der Waals surface area contributed by atoms with E-state index in [2.05, 4.69) is 20.5 Å². The van der Waals surface area contributed by atoms with Crippen molar-refractivity contribution in [2.24, 2.45) is 0 Å². The molecule has 0 spiro atoms. The Labute approximate surface area is 160 Å². The molecule has 0 saturated heterocycles. The number of amides is 1. The minimum atomic E-state index is -3.05. The first kappa shape index (κ1) is 19.8. The van der Waals surface area contributed by atoms with Crippen LogP contribution in [0.25, 0.3) is 0 Å². The predicted octanol–water partition coefficient (Wildman–Crippen LogP) is 3.69. The zero-order valence-electron chi connectivity index (χ0n) is 14.1. The average Bonchev–Trinajstić information content (AvgIpc) is 3.24. The quantitative estimate of drug-likeness (QED) is 0.596. The lowest BCUT2D eigenvalue weighted by Crippen LogP contribution is -2.22. The zero-order valence-corrected chi connectivity index (χ0v) is 14.8. The van der Waals surface area contributed by atoms with Crippen LogP contribution in [0.5, 0.6) is 0 Å². The number of anilines is 1. The molecule has 1 aromatic carbocycles. The Morgan fingerprint density at radius 3 is 2.46 bits per heavy atom. The Morgan fingerprint density at radius 1 is 1.11 bits per heavy atom. The highest BCUT2D eigenvalue weighted by Gasteiger charge is 2.22. The third-order valence-corrected chi connectivity index (χ3v) is 3.87. The standard InChI is InChI=1S/C16H13ClF4N6O/c17-10-3-1-9(2-4-10)6-26-8-22-16(25-26)23-13(28)7-27-12(15(20)21)5-11(24-27)14(18)19/h1-5,8,14-15H,6-7H2,(H,23,25,28). The Bertz CT molecular complexity index is 956. The number of carbonyl (C=O) groups is 1. The van der Waals surface area contributed by atoms with Crippen LogP contribution in [-0.4, -0.2) is 30.5 Å². The van der Waals surface area contributed by atoms with E-state index in [1.165, 1.54) is 11.0 Å². The summed E-state index contributed by atoms with van der Waals surface area (Å²) in [6.45, 7) is -0.315. The summed E-state index contributed by atoms with van der Waals surface area (Å²) < 4.78 is 53.2. The first-order valence-electron chi connectivity index (χ1n) is 7.89. The van der Waals surface area contributed by atoms with Crippen LogP contribution in [0, 0.1) is 0 Å². The molecule has 148 valence electrons. The minimum Gasteiger partial charge on any atom is -0.292 e. The van der Waals surface area contributed by atoms with E-state index >= 15 is 0 Å². The molecule has 3 rings (SSSR count). The summed E-state index contributed by atoms with van der Waals surface area (Å²) in [5.41, 5.74) is -0.704. The molecule has 2 aromatic heterocycles. The molecule has 28 heavy (non-hydrogen) atoms. The van der Waals surface area contributed by atoms with Crippen molar-refractivity contribution in [2.75, 3.05) is 5.32 Å². The van der Waals surface area contributed by atoms with Crippen molar-refractivity contribution in [3.8, 4) is 0 Å². The van der Waals surface area contributed by atoms with Gasteiger partial charge in [0.15, 0.2) is 0 Å². The predicted molar refractivity (Wildman–Crippen MR) is 91.3 cm³/mol. The molecule has 1 amide bonds. The van der Waals surface area contributed by atoms with Gasteiger partial charge in [-0.1, -0.05) is 23.7 Å². The number of alkyl halides is 4. The van der Waals surface area contributed by atoms with Crippen molar-refractivity contribution in [3.05, 3.63) is 58.6 Å².